The first-order valence-corrected chi connectivity index (χ1v) is 21.1. The van der Waals surface area contributed by atoms with Gasteiger partial charge in [0.15, 0.2) is 0 Å². The molecule has 2 aromatic heterocycles. The van der Waals surface area contributed by atoms with Gasteiger partial charge in [0.1, 0.15) is 5.65 Å². The Bertz CT molecular complexity index is 3700. The van der Waals surface area contributed by atoms with Gasteiger partial charge in [-0.15, -0.1) is 0 Å². The molecule has 0 saturated heterocycles. The highest BCUT2D eigenvalue weighted by Gasteiger charge is 2.29. The highest BCUT2D eigenvalue weighted by atomic mass is 32.2. The molecular weight excluding hydrogens is 733 g/mol. The minimum atomic E-state index is 1.15. The molecular formula is C56H34N2S. The Balaban J connectivity index is 1.08. The van der Waals surface area contributed by atoms with E-state index in [1.165, 1.54) is 114 Å². The van der Waals surface area contributed by atoms with Gasteiger partial charge in [-0.1, -0.05) is 163 Å². The Morgan fingerprint density at radius 2 is 0.932 bits per heavy atom. The summed E-state index contributed by atoms with van der Waals surface area (Å²) in [7, 11) is 0. The fourth-order valence-electron chi connectivity index (χ4n) is 9.66. The molecule has 0 N–H and O–H groups in total. The summed E-state index contributed by atoms with van der Waals surface area (Å²) < 4.78 is 5.10. The molecule has 13 rings (SSSR count). The molecule has 0 atom stereocenters. The number of aromatic nitrogens is 2. The minimum absolute atomic E-state index is 1.15. The van der Waals surface area contributed by atoms with Gasteiger partial charge in [-0.2, -0.15) is 0 Å². The summed E-state index contributed by atoms with van der Waals surface area (Å²) in [5, 5.41) is 11.3. The van der Waals surface area contributed by atoms with Crippen molar-refractivity contribution >= 4 is 76.9 Å². The third-order valence-corrected chi connectivity index (χ3v) is 13.5. The lowest BCUT2D eigenvalue weighted by Crippen LogP contribution is -2.06. The Morgan fingerprint density at radius 3 is 1.73 bits per heavy atom. The molecule has 3 heteroatoms. The predicted octanol–water partition coefficient (Wildman–Crippen LogP) is 15.7. The third-order valence-electron chi connectivity index (χ3n) is 12.4. The van der Waals surface area contributed by atoms with Crippen LogP contribution in [0.4, 0.5) is 0 Å². The first kappa shape index (κ1) is 32.7. The second-order valence-electron chi connectivity index (χ2n) is 15.7. The van der Waals surface area contributed by atoms with Gasteiger partial charge in [-0.05, 0) is 120 Å². The van der Waals surface area contributed by atoms with Gasteiger partial charge in [0.2, 0.25) is 0 Å². The van der Waals surface area contributed by atoms with E-state index in [9.17, 15) is 0 Å². The van der Waals surface area contributed by atoms with Crippen LogP contribution in [-0.4, -0.2) is 9.13 Å². The zero-order chi connectivity index (χ0) is 38.6. The van der Waals surface area contributed by atoms with E-state index in [2.05, 4.69) is 215 Å². The van der Waals surface area contributed by atoms with Gasteiger partial charge in [0, 0.05) is 31.6 Å². The van der Waals surface area contributed by atoms with Crippen molar-refractivity contribution in [3.8, 4) is 44.8 Å². The van der Waals surface area contributed by atoms with E-state index >= 15 is 0 Å². The number of hydrogen-bond acceptors (Lipinski definition) is 1. The molecule has 59 heavy (non-hydrogen) atoms. The van der Waals surface area contributed by atoms with Crippen LogP contribution in [0.15, 0.2) is 216 Å². The summed E-state index contributed by atoms with van der Waals surface area (Å²) in [6, 6.07) is 76.3. The molecule has 0 radical (unpaired) electrons. The van der Waals surface area contributed by atoms with E-state index in [1.54, 1.807) is 0 Å². The van der Waals surface area contributed by atoms with Crippen molar-refractivity contribution in [1.29, 1.82) is 0 Å². The normalized spacial score (nSPS) is 12.3. The number of hydrogen-bond donors (Lipinski definition) is 0. The summed E-state index contributed by atoms with van der Waals surface area (Å²) in [4.78, 5) is 2.53. The quantitative estimate of drug-likeness (QED) is 0.173. The summed E-state index contributed by atoms with van der Waals surface area (Å²) in [5.74, 6) is 0. The van der Waals surface area contributed by atoms with Gasteiger partial charge < -0.3 is 0 Å². The Morgan fingerprint density at radius 1 is 0.339 bits per heavy atom. The maximum atomic E-state index is 2.57. The molecule has 12 aromatic rings. The van der Waals surface area contributed by atoms with E-state index in [1.807, 2.05) is 11.8 Å². The number of fused-ring (bicyclic) bond motifs is 10. The van der Waals surface area contributed by atoms with Crippen molar-refractivity contribution < 1.29 is 0 Å². The van der Waals surface area contributed by atoms with Crippen molar-refractivity contribution in [2.24, 2.45) is 0 Å². The van der Waals surface area contributed by atoms with Crippen molar-refractivity contribution in [3.63, 3.8) is 0 Å². The first-order chi connectivity index (χ1) is 29.2. The Kier molecular flexibility index (Phi) is 6.98. The van der Waals surface area contributed by atoms with E-state index in [0.29, 0.717) is 0 Å². The van der Waals surface area contributed by atoms with Gasteiger partial charge in [0.05, 0.1) is 16.7 Å². The molecule has 2 nitrogen and oxygen atoms in total. The van der Waals surface area contributed by atoms with Crippen LogP contribution in [0.25, 0.3) is 110 Å². The first-order valence-electron chi connectivity index (χ1n) is 20.2. The van der Waals surface area contributed by atoms with Gasteiger partial charge in [-0.3, -0.25) is 9.13 Å². The highest BCUT2D eigenvalue weighted by molar-refractivity contribution is 7.99. The fraction of sp³-hybridized carbons (Fsp3) is 0. The van der Waals surface area contributed by atoms with Crippen LogP contribution in [0.3, 0.4) is 0 Å². The zero-order valence-electron chi connectivity index (χ0n) is 31.9. The van der Waals surface area contributed by atoms with Gasteiger partial charge >= 0.3 is 0 Å². The number of para-hydroxylation sites is 1. The second kappa shape index (κ2) is 12.6. The van der Waals surface area contributed by atoms with Gasteiger partial charge in [0.25, 0.3) is 0 Å². The second-order valence-corrected chi connectivity index (χ2v) is 16.8. The molecule has 1 aliphatic rings. The van der Waals surface area contributed by atoms with Crippen LogP contribution in [-0.2, 0) is 0 Å². The fourth-order valence-corrected chi connectivity index (χ4v) is 10.7. The topological polar surface area (TPSA) is 9.86 Å². The molecule has 0 saturated carbocycles. The van der Waals surface area contributed by atoms with Crippen molar-refractivity contribution in [1.82, 2.24) is 9.13 Å². The Labute approximate surface area is 345 Å². The molecule has 3 heterocycles. The van der Waals surface area contributed by atoms with Crippen molar-refractivity contribution in [3.05, 3.63) is 206 Å². The zero-order valence-corrected chi connectivity index (χ0v) is 32.7. The summed E-state index contributed by atoms with van der Waals surface area (Å²) in [6.07, 6.45) is 0. The molecule has 0 bridgehead atoms. The summed E-state index contributed by atoms with van der Waals surface area (Å²) >= 11 is 1.88. The molecule has 0 amide bonds. The van der Waals surface area contributed by atoms with Gasteiger partial charge in [-0.25, -0.2) is 0 Å². The largest absolute Gasteiger partial charge is 0.295 e. The maximum absolute atomic E-state index is 2.57. The average Bonchev–Trinajstić information content (AvgIpc) is 3.82. The number of nitrogens with zero attached hydrogens (tertiary/aromatic N) is 2. The van der Waals surface area contributed by atoms with Crippen LogP contribution >= 0.6 is 11.8 Å². The van der Waals surface area contributed by atoms with Crippen LogP contribution in [0, 0.1) is 0 Å². The van der Waals surface area contributed by atoms with E-state index in [0.717, 1.165) is 5.69 Å². The minimum Gasteiger partial charge on any atom is -0.295 e. The molecule has 1 aliphatic heterocycles. The van der Waals surface area contributed by atoms with Crippen molar-refractivity contribution in [2.45, 2.75) is 9.79 Å². The van der Waals surface area contributed by atoms with Crippen LogP contribution < -0.4 is 0 Å². The Hall–Kier alpha value is -7.33. The maximum Gasteiger partial charge on any atom is 0.131 e. The van der Waals surface area contributed by atoms with Crippen LogP contribution in [0.1, 0.15) is 0 Å². The smallest absolute Gasteiger partial charge is 0.131 e. The number of rotatable bonds is 4. The van der Waals surface area contributed by atoms with E-state index in [4.69, 9.17) is 0 Å². The van der Waals surface area contributed by atoms with E-state index in [-0.39, 0.29) is 0 Å². The predicted molar refractivity (Wildman–Crippen MR) is 251 cm³/mol. The molecule has 0 aliphatic carbocycles. The number of benzene rings is 10. The lowest BCUT2D eigenvalue weighted by atomic mass is 9.97. The SMILES string of the molecule is c1ccc(-c2ccc3cc(-c4ccc5c(c4)-n4c6c(cccc6c6c7c(-c8ccc9ccccc9c8)cccc7n(-c7ccc8ccccc8c7)c64)S5)ccc3c2)cc1. The summed E-state index contributed by atoms with van der Waals surface area (Å²) in [5.41, 5.74) is 13.4. The average molecular weight is 767 g/mol. The van der Waals surface area contributed by atoms with Crippen LogP contribution in [0.2, 0.25) is 0 Å². The van der Waals surface area contributed by atoms with Crippen LogP contribution in [0.5, 0.6) is 0 Å². The van der Waals surface area contributed by atoms with E-state index < -0.39 is 0 Å². The molecule has 10 aromatic carbocycles. The molecule has 274 valence electrons. The molecule has 0 spiro atoms. The monoisotopic (exact) mass is 766 g/mol. The molecule has 0 unspecified atom stereocenters. The lowest BCUT2D eigenvalue weighted by molar-refractivity contribution is 1.03. The summed E-state index contributed by atoms with van der Waals surface area (Å²) in [6.45, 7) is 0. The lowest BCUT2D eigenvalue weighted by Gasteiger charge is -2.22. The van der Waals surface area contributed by atoms with Crippen molar-refractivity contribution in [2.75, 3.05) is 0 Å². The molecule has 0 fully saturated rings. The highest BCUT2D eigenvalue weighted by Crippen LogP contribution is 2.51. The third kappa shape index (κ3) is 4.95. The standard InChI is InChI=1S/C56H34N2S/c1-2-10-35(11-3-1)40-21-22-42-31-43(24-23-41(42)30-40)44-27-29-51-50(34-44)58-55-48(17-9-19-52(55)59-51)54-53-47(45-25-20-36-12-4-6-14-38(36)32-45)16-8-18-49(53)57(56(54)58)46-28-26-37-13-5-7-15-39(37)33-46/h1-34H.